The second kappa shape index (κ2) is 5.34. The molecular weight excluding hydrogens is 311 g/mol. The maximum atomic E-state index is 13.1. The number of rotatable bonds is 3. The van der Waals surface area contributed by atoms with Gasteiger partial charge in [0.15, 0.2) is 5.13 Å². The van der Waals surface area contributed by atoms with Crippen LogP contribution in [0.15, 0.2) is 36.5 Å². The van der Waals surface area contributed by atoms with Gasteiger partial charge < -0.3 is 0 Å². The molecule has 0 unspecified atom stereocenters. The maximum Gasteiger partial charge on any atom is 0.278 e. The summed E-state index contributed by atoms with van der Waals surface area (Å²) in [4.78, 5) is 12.4. The number of thiophene rings is 1. The molecule has 0 aliphatic heterocycles. The summed E-state index contributed by atoms with van der Waals surface area (Å²) < 4.78 is 17.2. The summed E-state index contributed by atoms with van der Waals surface area (Å²) in [6.07, 6.45) is 1.70. The number of halogens is 1. The van der Waals surface area contributed by atoms with E-state index < -0.39 is 4.92 Å². The van der Waals surface area contributed by atoms with Gasteiger partial charge in [-0.2, -0.15) is 4.39 Å². The van der Waals surface area contributed by atoms with Gasteiger partial charge >= 0.3 is 0 Å². The van der Waals surface area contributed by atoms with Gasteiger partial charge in [0, 0.05) is 27.6 Å². The van der Waals surface area contributed by atoms with Gasteiger partial charge in [0.1, 0.15) is 0 Å². The van der Waals surface area contributed by atoms with Gasteiger partial charge in [-0.25, -0.2) is 4.37 Å². The summed E-state index contributed by atoms with van der Waals surface area (Å²) in [5.74, 6) is 0. The monoisotopic (exact) mass is 320 g/mol. The van der Waals surface area contributed by atoms with E-state index in [9.17, 15) is 14.5 Å². The molecule has 106 valence electrons. The topological polar surface area (TPSA) is 56.0 Å². The van der Waals surface area contributed by atoms with Crippen molar-refractivity contribution in [2.75, 3.05) is 0 Å². The lowest BCUT2D eigenvalue weighted by Crippen LogP contribution is -1.92. The zero-order valence-corrected chi connectivity index (χ0v) is 12.5. The molecule has 7 heteroatoms. The van der Waals surface area contributed by atoms with Crippen LogP contribution in [0.25, 0.3) is 21.6 Å². The van der Waals surface area contributed by atoms with Crippen LogP contribution < -0.4 is 0 Å². The van der Waals surface area contributed by atoms with Crippen LogP contribution in [0.1, 0.15) is 4.88 Å². The van der Waals surface area contributed by atoms with E-state index in [1.165, 1.54) is 23.7 Å². The zero-order chi connectivity index (χ0) is 15.0. The first-order chi connectivity index (χ1) is 10.1. The predicted octanol–water partition coefficient (Wildman–Crippen LogP) is 4.89. The minimum atomic E-state index is -0.439. The first-order valence-electron chi connectivity index (χ1n) is 6.02. The molecule has 0 saturated heterocycles. The molecule has 0 N–H and O–H groups in total. The molecule has 1 aromatic carbocycles. The Labute approximate surface area is 127 Å². The van der Waals surface area contributed by atoms with Gasteiger partial charge in [0.2, 0.25) is 0 Å². The summed E-state index contributed by atoms with van der Waals surface area (Å²) in [7, 11) is 0. The van der Waals surface area contributed by atoms with Crippen LogP contribution in [0.2, 0.25) is 0 Å². The molecule has 3 aromatic rings. The molecule has 0 atom stereocenters. The molecule has 4 nitrogen and oxygen atoms in total. The van der Waals surface area contributed by atoms with Crippen LogP contribution in [0.3, 0.4) is 0 Å². The highest BCUT2D eigenvalue weighted by atomic mass is 32.1. The van der Waals surface area contributed by atoms with Crippen molar-refractivity contribution in [3.63, 3.8) is 0 Å². The highest BCUT2D eigenvalue weighted by Gasteiger charge is 2.19. The average Bonchev–Trinajstić information content (AvgIpc) is 3.07. The van der Waals surface area contributed by atoms with Crippen LogP contribution in [-0.2, 0) is 0 Å². The van der Waals surface area contributed by atoms with Gasteiger partial charge in [0.25, 0.3) is 5.69 Å². The summed E-state index contributed by atoms with van der Waals surface area (Å²) >= 11 is 2.25. The minimum absolute atomic E-state index is 0.0278. The third-order valence-electron chi connectivity index (χ3n) is 3.09. The fourth-order valence-electron chi connectivity index (χ4n) is 2.09. The largest absolute Gasteiger partial charge is 0.278 e. The molecule has 2 heterocycles. The fourth-order valence-corrected chi connectivity index (χ4v) is 3.44. The van der Waals surface area contributed by atoms with Crippen LogP contribution >= 0.6 is 22.9 Å². The van der Waals surface area contributed by atoms with Gasteiger partial charge in [-0.15, -0.1) is 11.3 Å². The fraction of sp³-hybridized carbons (Fsp3) is 0.0714. The Kier molecular flexibility index (Phi) is 3.52. The van der Waals surface area contributed by atoms with E-state index in [-0.39, 0.29) is 10.8 Å². The Balaban J connectivity index is 2.16. The van der Waals surface area contributed by atoms with Crippen molar-refractivity contribution in [3.8, 4) is 21.6 Å². The van der Waals surface area contributed by atoms with Crippen molar-refractivity contribution in [3.05, 3.63) is 56.7 Å². The normalized spacial score (nSPS) is 10.8. The number of benzene rings is 1. The first kappa shape index (κ1) is 13.8. The molecule has 2 aromatic heterocycles. The molecule has 0 radical (unpaired) electrons. The third-order valence-corrected chi connectivity index (χ3v) is 4.71. The standard InChI is InChI=1S/C14H9FN2O2S2/c1-8-11(7-16-21-8)9-2-3-10(12(6-9)17(18)19)13-4-5-14(15)20-13/h2-7H,1H3. The molecule has 0 aliphatic rings. The second-order valence-electron chi connectivity index (χ2n) is 4.39. The van der Waals surface area contributed by atoms with E-state index in [1.54, 1.807) is 24.4 Å². The van der Waals surface area contributed by atoms with E-state index in [0.717, 1.165) is 27.3 Å². The summed E-state index contributed by atoms with van der Waals surface area (Å²) in [5, 5.41) is 11.0. The maximum absolute atomic E-state index is 13.1. The van der Waals surface area contributed by atoms with Crippen molar-refractivity contribution in [2.45, 2.75) is 6.92 Å². The molecule has 0 bridgehead atoms. The van der Waals surface area contributed by atoms with Gasteiger partial charge in [-0.1, -0.05) is 6.07 Å². The van der Waals surface area contributed by atoms with E-state index in [0.29, 0.717) is 10.4 Å². The Morgan fingerprint density at radius 1 is 1.24 bits per heavy atom. The van der Waals surface area contributed by atoms with Crippen molar-refractivity contribution >= 4 is 28.6 Å². The molecule has 0 fully saturated rings. The van der Waals surface area contributed by atoms with Gasteiger partial charge in [-0.05, 0) is 42.2 Å². The Bertz CT molecular complexity index is 826. The number of nitrogens with zero attached hydrogens (tertiary/aromatic N) is 2. The van der Waals surface area contributed by atoms with Crippen LogP contribution in [0.4, 0.5) is 10.1 Å². The van der Waals surface area contributed by atoms with Crippen LogP contribution in [0.5, 0.6) is 0 Å². The van der Waals surface area contributed by atoms with E-state index in [1.807, 2.05) is 6.92 Å². The third kappa shape index (κ3) is 2.57. The van der Waals surface area contributed by atoms with E-state index >= 15 is 0 Å². The molecule has 0 amide bonds. The molecule has 0 aliphatic carbocycles. The lowest BCUT2D eigenvalue weighted by atomic mass is 10.0. The molecule has 21 heavy (non-hydrogen) atoms. The average molecular weight is 320 g/mol. The number of hydrogen-bond donors (Lipinski definition) is 0. The first-order valence-corrected chi connectivity index (χ1v) is 7.61. The lowest BCUT2D eigenvalue weighted by molar-refractivity contribution is -0.384. The quantitative estimate of drug-likeness (QED) is 0.510. The Hall–Kier alpha value is -2.12. The highest BCUT2D eigenvalue weighted by molar-refractivity contribution is 7.14. The van der Waals surface area contributed by atoms with Crippen molar-refractivity contribution in [1.29, 1.82) is 0 Å². The van der Waals surface area contributed by atoms with Crippen molar-refractivity contribution in [1.82, 2.24) is 4.37 Å². The summed E-state index contributed by atoms with van der Waals surface area (Å²) in [5.41, 5.74) is 2.03. The Morgan fingerprint density at radius 2 is 2.05 bits per heavy atom. The molecule has 0 spiro atoms. The number of aryl methyl sites for hydroxylation is 1. The van der Waals surface area contributed by atoms with Gasteiger partial charge in [0.05, 0.1) is 10.5 Å². The van der Waals surface area contributed by atoms with E-state index in [4.69, 9.17) is 0 Å². The minimum Gasteiger partial charge on any atom is -0.258 e. The second-order valence-corrected chi connectivity index (χ2v) is 6.43. The molecule has 3 rings (SSSR count). The molecule has 0 saturated carbocycles. The summed E-state index contributed by atoms with van der Waals surface area (Å²) in [6, 6.07) is 7.85. The van der Waals surface area contributed by atoms with Crippen molar-refractivity contribution < 1.29 is 9.31 Å². The van der Waals surface area contributed by atoms with Gasteiger partial charge in [-0.3, -0.25) is 10.1 Å². The number of aromatic nitrogens is 1. The predicted molar refractivity (Wildman–Crippen MR) is 82.2 cm³/mol. The lowest BCUT2D eigenvalue weighted by Gasteiger charge is -2.04. The zero-order valence-electron chi connectivity index (χ0n) is 10.9. The smallest absolute Gasteiger partial charge is 0.258 e. The van der Waals surface area contributed by atoms with E-state index in [2.05, 4.69) is 4.37 Å². The number of nitro groups is 1. The number of nitro benzene ring substituents is 1. The Morgan fingerprint density at radius 3 is 2.62 bits per heavy atom. The van der Waals surface area contributed by atoms with Crippen molar-refractivity contribution in [2.24, 2.45) is 0 Å². The summed E-state index contributed by atoms with van der Waals surface area (Å²) in [6.45, 7) is 1.92. The molecular formula is C14H9FN2O2S2. The number of hydrogen-bond acceptors (Lipinski definition) is 5. The van der Waals surface area contributed by atoms with Crippen LogP contribution in [-0.4, -0.2) is 9.30 Å². The van der Waals surface area contributed by atoms with Crippen LogP contribution in [0, 0.1) is 22.2 Å². The highest BCUT2D eigenvalue weighted by Crippen LogP contribution is 2.38. The SMILES string of the molecule is Cc1sncc1-c1ccc(-c2ccc(F)s2)c([N+](=O)[O-])c1.